The maximum atomic E-state index is 13.4. The van der Waals surface area contributed by atoms with Crippen LogP contribution in [0.5, 0.6) is 0 Å². The van der Waals surface area contributed by atoms with Crippen molar-refractivity contribution in [3.05, 3.63) is 34.2 Å². The Balaban J connectivity index is 1.96. The van der Waals surface area contributed by atoms with Gasteiger partial charge in [0.05, 0.1) is 4.47 Å². The van der Waals surface area contributed by atoms with Gasteiger partial charge < -0.3 is 32.3 Å². The molecule has 13 heteroatoms. The maximum Gasteiger partial charge on any atom is 0.213 e. The molecule has 0 saturated heterocycles. The fourth-order valence-electron chi connectivity index (χ4n) is 2.14. The van der Waals surface area contributed by atoms with Crippen LogP contribution in [0, 0.1) is 5.82 Å². The molecule has 0 aliphatic heterocycles. The summed E-state index contributed by atoms with van der Waals surface area (Å²) < 4.78 is 18.4. The minimum absolute atomic E-state index is 0.0289. The van der Waals surface area contributed by atoms with Gasteiger partial charge in [-0.05, 0) is 65.2 Å². The Bertz CT molecular complexity index is 880. The summed E-state index contributed by atoms with van der Waals surface area (Å²) in [6.45, 7) is 6.80. The van der Waals surface area contributed by atoms with Gasteiger partial charge in [-0.3, -0.25) is 0 Å². The van der Waals surface area contributed by atoms with E-state index in [0.717, 1.165) is 0 Å². The molecule has 1 aromatic heterocycles. The van der Waals surface area contributed by atoms with Gasteiger partial charge in [0.15, 0.2) is 5.69 Å². The number of hydrogen-bond donors (Lipinski definition) is 6. The van der Waals surface area contributed by atoms with E-state index in [2.05, 4.69) is 57.8 Å². The number of oxime groups is 1. The Morgan fingerprint density at radius 1 is 1.31 bits per heavy atom. The zero-order valence-electron chi connectivity index (χ0n) is 16.1. The number of rotatable bonds is 6. The summed E-state index contributed by atoms with van der Waals surface area (Å²) in [4.78, 5) is 0. The van der Waals surface area contributed by atoms with Crippen molar-refractivity contribution < 1.29 is 14.2 Å². The Morgan fingerprint density at radius 3 is 2.69 bits per heavy atom. The second-order valence-electron chi connectivity index (χ2n) is 6.87. The fraction of sp³-hybridized carbons (Fsp3) is 0.375. The number of nitrogens with zero attached hydrogens (tertiary/aromatic N) is 4. The molecule has 11 nitrogen and oxygen atoms in total. The number of anilines is 2. The Labute approximate surface area is 175 Å². The lowest BCUT2D eigenvalue weighted by Crippen LogP contribution is -2.49. The van der Waals surface area contributed by atoms with E-state index >= 15 is 0 Å². The zero-order chi connectivity index (χ0) is 21.4. The highest BCUT2D eigenvalue weighted by Crippen LogP contribution is 2.21. The lowest BCUT2D eigenvalue weighted by Gasteiger charge is -2.23. The first kappa shape index (κ1) is 22.2. The first-order valence-corrected chi connectivity index (χ1v) is 9.33. The van der Waals surface area contributed by atoms with E-state index in [1.54, 1.807) is 0 Å². The van der Waals surface area contributed by atoms with Gasteiger partial charge in [0.2, 0.25) is 17.6 Å². The van der Waals surface area contributed by atoms with Gasteiger partial charge in [0.25, 0.3) is 0 Å². The van der Waals surface area contributed by atoms with Crippen molar-refractivity contribution in [2.45, 2.75) is 26.3 Å². The van der Waals surface area contributed by atoms with E-state index in [-0.39, 0.29) is 27.4 Å². The van der Waals surface area contributed by atoms with Crippen LogP contribution < -0.4 is 27.1 Å². The van der Waals surface area contributed by atoms with Crippen LogP contribution in [0.4, 0.5) is 15.9 Å². The van der Waals surface area contributed by atoms with Crippen molar-refractivity contribution in [2.24, 2.45) is 16.1 Å². The summed E-state index contributed by atoms with van der Waals surface area (Å²) in [6.07, 6.45) is 0. The molecule has 29 heavy (non-hydrogen) atoms. The zero-order valence-corrected chi connectivity index (χ0v) is 17.7. The van der Waals surface area contributed by atoms with Crippen molar-refractivity contribution in [1.29, 1.82) is 0 Å². The van der Waals surface area contributed by atoms with Gasteiger partial charge in [-0.1, -0.05) is 5.16 Å². The van der Waals surface area contributed by atoms with E-state index in [4.69, 9.17) is 10.5 Å². The minimum atomic E-state index is -0.419. The van der Waals surface area contributed by atoms with Crippen LogP contribution in [0.15, 0.2) is 37.6 Å². The number of nitrogens with two attached hydrogens (primary N) is 1. The number of benzene rings is 1. The van der Waals surface area contributed by atoms with Gasteiger partial charge >= 0.3 is 0 Å². The molecule has 0 bridgehead atoms. The normalized spacial score (nSPS) is 12.6. The molecule has 7 N–H and O–H groups in total. The second-order valence-corrected chi connectivity index (χ2v) is 7.72. The number of nitrogens with one attached hydrogen (secondary N) is 4. The average Bonchev–Trinajstić information content (AvgIpc) is 3.12. The lowest BCUT2D eigenvalue weighted by atomic mass is 10.1. The van der Waals surface area contributed by atoms with Crippen LogP contribution in [0.25, 0.3) is 0 Å². The molecule has 0 saturated carbocycles. The van der Waals surface area contributed by atoms with Gasteiger partial charge in [0.1, 0.15) is 5.82 Å². The van der Waals surface area contributed by atoms with E-state index in [9.17, 15) is 9.60 Å². The quantitative estimate of drug-likeness (QED) is 0.0922. The van der Waals surface area contributed by atoms with Crippen LogP contribution in [0.3, 0.4) is 0 Å². The van der Waals surface area contributed by atoms with Crippen molar-refractivity contribution >= 4 is 39.2 Å². The Morgan fingerprint density at radius 2 is 2.07 bits per heavy atom. The van der Waals surface area contributed by atoms with Gasteiger partial charge in [-0.2, -0.15) is 0 Å². The number of amidine groups is 1. The minimum Gasteiger partial charge on any atom is -0.409 e. The number of guanidine groups is 1. The van der Waals surface area contributed by atoms with Crippen molar-refractivity contribution in [1.82, 2.24) is 20.9 Å². The molecule has 1 heterocycles. The average molecular weight is 472 g/mol. The lowest BCUT2D eigenvalue weighted by molar-refractivity contribution is 0.305. The van der Waals surface area contributed by atoms with Crippen LogP contribution in [-0.2, 0) is 0 Å². The number of aromatic nitrogens is 2. The molecule has 0 unspecified atom stereocenters. The molecule has 2 rings (SSSR count). The second kappa shape index (κ2) is 9.91. The van der Waals surface area contributed by atoms with Crippen LogP contribution in [-0.4, -0.2) is 45.9 Å². The predicted molar refractivity (Wildman–Crippen MR) is 111 cm³/mol. The van der Waals surface area contributed by atoms with Crippen molar-refractivity contribution in [2.75, 3.05) is 23.7 Å². The molecule has 0 atom stereocenters. The highest BCUT2D eigenvalue weighted by atomic mass is 79.9. The molecule has 1 aromatic carbocycles. The summed E-state index contributed by atoms with van der Waals surface area (Å²) in [5, 5.41) is 35.7. The van der Waals surface area contributed by atoms with E-state index in [1.807, 2.05) is 20.8 Å². The van der Waals surface area contributed by atoms with Crippen LogP contribution in [0.1, 0.15) is 26.5 Å². The molecule has 0 amide bonds. The van der Waals surface area contributed by atoms with E-state index in [0.29, 0.717) is 24.7 Å². The summed E-state index contributed by atoms with van der Waals surface area (Å²) >= 11 is 3.09. The Hall–Kier alpha value is -3.09. The molecule has 0 fully saturated rings. The summed E-state index contributed by atoms with van der Waals surface area (Å²) in [5.41, 5.74) is 0.419. The first-order valence-electron chi connectivity index (χ1n) is 8.54. The standard InChI is InChI=1S/C16H23BrFN9O2/c1-16(2,3)23-15(24-19)21-7-6-20-13-12(26-29-27-13)14(25-28)22-9-4-5-11(18)10(17)8-9/h4-5,8,28H,6-7,19H2,1-3H3,(H,20,27)(H,22,25)(H2,21,23,24). The summed E-state index contributed by atoms with van der Waals surface area (Å²) in [5.74, 6) is 5.61. The van der Waals surface area contributed by atoms with Gasteiger partial charge in [0, 0.05) is 24.3 Å². The largest absolute Gasteiger partial charge is 0.409 e. The van der Waals surface area contributed by atoms with E-state index < -0.39 is 5.82 Å². The topological polar surface area (TPSA) is 158 Å². The SMILES string of the molecule is CC(C)(C)N/C(=N\N)NCCNc1nonc1/C(=N/O)Nc1ccc(F)c(Br)c1. The molecule has 0 radical (unpaired) electrons. The highest BCUT2D eigenvalue weighted by Gasteiger charge is 2.18. The fourth-order valence-corrected chi connectivity index (χ4v) is 2.52. The molecule has 2 aromatic rings. The van der Waals surface area contributed by atoms with Gasteiger partial charge in [-0.15, -0.1) is 5.10 Å². The third kappa shape index (κ3) is 6.78. The van der Waals surface area contributed by atoms with Crippen LogP contribution in [0.2, 0.25) is 0 Å². The molecular weight excluding hydrogens is 449 g/mol. The third-order valence-corrected chi connectivity index (χ3v) is 3.94. The molecule has 0 aliphatic rings. The first-order chi connectivity index (χ1) is 13.7. The number of halogens is 2. The highest BCUT2D eigenvalue weighted by molar-refractivity contribution is 9.10. The molecule has 0 spiro atoms. The predicted octanol–water partition coefficient (Wildman–Crippen LogP) is 1.84. The smallest absolute Gasteiger partial charge is 0.213 e. The third-order valence-electron chi connectivity index (χ3n) is 3.33. The Kier molecular flexibility index (Phi) is 7.59. The van der Waals surface area contributed by atoms with E-state index in [1.165, 1.54) is 18.2 Å². The van der Waals surface area contributed by atoms with Crippen LogP contribution >= 0.6 is 15.9 Å². The molecular formula is C16H23BrFN9O2. The summed E-state index contributed by atoms with van der Waals surface area (Å²) in [7, 11) is 0. The number of hydrogen-bond acceptors (Lipinski definition) is 8. The molecule has 0 aliphatic carbocycles. The maximum absolute atomic E-state index is 13.4. The monoisotopic (exact) mass is 471 g/mol. The molecule has 158 valence electrons. The van der Waals surface area contributed by atoms with Gasteiger partial charge in [-0.25, -0.2) is 9.02 Å². The van der Waals surface area contributed by atoms with Crippen molar-refractivity contribution in [3.63, 3.8) is 0 Å². The van der Waals surface area contributed by atoms with Crippen molar-refractivity contribution in [3.8, 4) is 0 Å². The summed E-state index contributed by atoms with van der Waals surface area (Å²) in [6, 6.07) is 4.22. The number of hydrazone groups is 1.